The Balaban J connectivity index is 1.87. The van der Waals surface area contributed by atoms with Crippen LogP contribution in [0.15, 0.2) is 18.3 Å². The standard InChI is InChI=1S/C14H18N2O3/c1-9-2-3-11(8-15-9)7-13(17)16-12(14(18)19)6-10-4-5-10/h2-3,8,10,12H,4-7H2,1H3,(H,16,17)(H,18,19). The Bertz CT molecular complexity index is 466. The zero-order valence-electron chi connectivity index (χ0n) is 10.9. The van der Waals surface area contributed by atoms with E-state index in [-0.39, 0.29) is 12.3 Å². The summed E-state index contributed by atoms with van der Waals surface area (Å²) in [5.41, 5.74) is 1.68. The van der Waals surface area contributed by atoms with E-state index in [9.17, 15) is 9.59 Å². The number of carbonyl (C=O) groups excluding carboxylic acids is 1. The molecule has 1 atom stereocenters. The predicted molar refractivity (Wildman–Crippen MR) is 69.6 cm³/mol. The van der Waals surface area contributed by atoms with Crippen molar-refractivity contribution in [3.05, 3.63) is 29.6 Å². The largest absolute Gasteiger partial charge is 0.480 e. The first-order valence-electron chi connectivity index (χ1n) is 6.48. The summed E-state index contributed by atoms with van der Waals surface area (Å²) in [7, 11) is 0. The zero-order valence-corrected chi connectivity index (χ0v) is 10.9. The highest BCUT2D eigenvalue weighted by atomic mass is 16.4. The van der Waals surface area contributed by atoms with Gasteiger partial charge in [0.2, 0.25) is 5.91 Å². The minimum Gasteiger partial charge on any atom is -0.480 e. The Labute approximate surface area is 112 Å². The highest BCUT2D eigenvalue weighted by molar-refractivity contribution is 5.84. The van der Waals surface area contributed by atoms with E-state index in [1.54, 1.807) is 6.20 Å². The summed E-state index contributed by atoms with van der Waals surface area (Å²) >= 11 is 0. The van der Waals surface area contributed by atoms with Gasteiger partial charge in [-0.2, -0.15) is 0 Å². The molecular formula is C14H18N2O3. The smallest absolute Gasteiger partial charge is 0.326 e. The van der Waals surface area contributed by atoms with Crippen LogP contribution in [0.2, 0.25) is 0 Å². The van der Waals surface area contributed by atoms with Crippen molar-refractivity contribution in [1.82, 2.24) is 10.3 Å². The van der Waals surface area contributed by atoms with Gasteiger partial charge in [-0.15, -0.1) is 0 Å². The number of aliphatic carboxylic acids is 1. The molecule has 1 fully saturated rings. The van der Waals surface area contributed by atoms with Crippen LogP contribution in [0.5, 0.6) is 0 Å². The second-order valence-corrected chi connectivity index (χ2v) is 5.12. The van der Waals surface area contributed by atoms with E-state index in [0.717, 1.165) is 24.1 Å². The van der Waals surface area contributed by atoms with Crippen LogP contribution in [0.25, 0.3) is 0 Å². The Morgan fingerprint density at radius 1 is 1.47 bits per heavy atom. The fourth-order valence-corrected chi connectivity index (χ4v) is 1.94. The van der Waals surface area contributed by atoms with Gasteiger partial charge >= 0.3 is 5.97 Å². The molecule has 1 unspecified atom stereocenters. The number of carboxylic acid groups (broad SMARTS) is 1. The average Bonchev–Trinajstić information content (AvgIpc) is 3.15. The maximum atomic E-state index is 11.8. The number of rotatable bonds is 6. The molecule has 5 nitrogen and oxygen atoms in total. The van der Waals surface area contributed by atoms with Gasteiger partial charge in [-0.25, -0.2) is 4.79 Å². The molecule has 1 aliphatic rings. The van der Waals surface area contributed by atoms with Crippen molar-refractivity contribution in [3.8, 4) is 0 Å². The third-order valence-corrected chi connectivity index (χ3v) is 3.24. The van der Waals surface area contributed by atoms with Gasteiger partial charge in [-0.05, 0) is 30.9 Å². The molecule has 1 aliphatic carbocycles. The summed E-state index contributed by atoms with van der Waals surface area (Å²) in [6.07, 6.45) is 4.49. The fraction of sp³-hybridized carbons (Fsp3) is 0.500. The van der Waals surface area contributed by atoms with Crippen molar-refractivity contribution < 1.29 is 14.7 Å². The molecule has 0 saturated heterocycles. The molecule has 0 radical (unpaired) electrons. The summed E-state index contributed by atoms with van der Waals surface area (Å²) in [6, 6.07) is 2.90. The zero-order chi connectivity index (χ0) is 13.8. The molecule has 0 aromatic carbocycles. The number of carbonyl (C=O) groups is 2. The first-order valence-corrected chi connectivity index (χ1v) is 6.48. The average molecular weight is 262 g/mol. The van der Waals surface area contributed by atoms with Crippen LogP contribution in [0.4, 0.5) is 0 Å². The summed E-state index contributed by atoms with van der Waals surface area (Å²) < 4.78 is 0. The van der Waals surface area contributed by atoms with Crippen molar-refractivity contribution in [2.45, 2.75) is 38.6 Å². The van der Waals surface area contributed by atoms with Gasteiger partial charge in [-0.1, -0.05) is 18.9 Å². The molecule has 0 spiro atoms. The van der Waals surface area contributed by atoms with Crippen LogP contribution in [0.1, 0.15) is 30.5 Å². The second-order valence-electron chi connectivity index (χ2n) is 5.12. The van der Waals surface area contributed by atoms with Gasteiger partial charge < -0.3 is 10.4 Å². The van der Waals surface area contributed by atoms with Gasteiger partial charge in [0.05, 0.1) is 6.42 Å². The maximum absolute atomic E-state index is 11.8. The van der Waals surface area contributed by atoms with Gasteiger partial charge in [0, 0.05) is 11.9 Å². The molecule has 5 heteroatoms. The fourth-order valence-electron chi connectivity index (χ4n) is 1.94. The normalized spacial score (nSPS) is 15.8. The molecule has 102 valence electrons. The molecule has 2 N–H and O–H groups in total. The summed E-state index contributed by atoms with van der Waals surface area (Å²) in [4.78, 5) is 27.0. The number of amides is 1. The Hall–Kier alpha value is -1.91. The first-order chi connectivity index (χ1) is 9.04. The second kappa shape index (κ2) is 5.82. The quantitative estimate of drug-likeness (QED) is 0.810. The Morgan fingerprint density at radius 3 is 2.74 bits per heavy atom. The van der Waals surface area contributed by atoms with E-state index in [1.807, 2.05) is 19.1 Å². The van der Waals surface area contributed by atoms with Crippen LogP contribution in [0, 0.1) is 12.8 Å². The molecule has 1 amide bonds. The van der Waals surface area contributed by atoms with Crippen LogP contribution in [-0.2, 0) is 16.0 Å². The molecule has 0 bridgehead atoms. The Morgan fingerprint density at radius 2 is 2.21 bits per heavy atom. The van der Waals surface area contributed by atoms with Gasteiger partial charge in [0.25, 0.3) is 0 Å². The molecule has 1 saturated carbocycles. The van der Waals surface area contributed by atoms with E-state index >= 15 is 0 Å². The predicted octanol–water partition coefficient (Wildman–Crippen LogP) is 1.30. The third kappa shape index (κ3) is 4.35. The molecule has 19 heavy (non-hydrogen) atoms. The number of aryl methyl sites for hydroxylation is 1. The third-order valence-electron chi connectivity index (χ3n) is 3.24. The van der Waals surface area contributed by atoms with E-state index < -0.39 is 12.0 Å². The number of aromatic nitrogens is 1. The number of carboxylic acids is 1. The number of pyridine rings is 1. The SMILES string of the molecule is Cc1ccc(CC(=O)NC(CC2CC2)C(=O)O)cn1. The topological polar surface area (TPSA) is 79.3 Å². The monoisotopic (exact) mass is 262 g/mol. The lowest BCUT2D eigenvalue weighted by Crippen LogP contribution is -2.41. The van der Waals surface area contributed by atoms with Gasteiger partial charge in [0.15, 0.2) is 0 Å². The van der Waals surface area contributed by atoms with Crippen LogP contribution >= 0.6 is 0 Å². The lowest BCUT2D eigenvalue weighted by atomic mass is 10.1. The highest BCUT2D eigenvalue weighted by Gasteiger charge is 2.30. The molecule has 2 rings (SSSR count). The van der Waals surface area contributed by atoms with E-state index in [2.05, 4.69) is 10.3 Å². The minimum absolute atomic E-state index is 0.168. The summed E-state index contributed by atoms with van der Waals surface area (Å²) in [6.45, 7) is 1.87. The van der Waals surface area contributed by atoms with Crippen molar-refractivity contribution in [2.75, 3.05) is 0 Å². The van der Waals surface area contributed by atoms with Crippen LogP contribution < -0.4 is 5.32 Å². The van der Waals surface area contributed by atoms with Gasteiger partial charge in [0.1, 0.15) is 6.04 Å². The van der Waals surface area contributed by atoms with Crippen LogP contribution in [-0.4, -0.2) is 28.0 Å². The summed E-state index contributed by atoms with van der Waals surface area (Å²) in [5.74, 6) is -0.761. The van der Waals surface area contributed by atoms with Crippen molar-refractivity contribution in [3.63, 3.8) is 0 Å². The van der Waals surface area contributed by atoms with E-state index in [0.29, 0.717) is 12.3 Å². The molecule has 0 aliphatic heterocycles. The minimum atomic E-state index is -0.956. The molecule has 1 aromatic rings. The lowest BCUT2D eigenvalue weighted by Gasteiger charge is -2.14. The number of hydrogen-bond acceptors (Lipinski definition) is 3. The van der Waals surface area contributed by atoms with Crippen LogP contribution in [0.3, 0.4) is 0 Å². The van der Waals surface area contributed by atoms with Crippen molar-refractivity contribution >= 4 is 11.9 Å². The summed E-state index contributed by atoms with van der Waals surface area (Å²) in [5, 5.41) is 11.7. The van der Waals surface area contributed by atoms with Crippen molar-refractivity contribution in [2.24, 2.45) is 5.92 Å². The van der Waals surface area contributed by atoms with E-state index in [1.165, 1.54) is 0 Å². The highest BCUT2D eigenvalue weighted by Crippen LogP contribution is 2.33. The maximum Gasteiger partial charge on any atom is 0.326 e. The molecular weight excluding hydrogens is 244 g/mol. The van der Waals surface area contributed by atoms with Crippen molar-refractivity contribution in [1.29, 1.82) is 0 Å². The number of nitrogens with one attached hydrogen (secondary N) is 1. The number of nitrogens with zero attached hydrogens (tertiary/aromatic N) is 1. The first kappa shape index (κ1) is 13.5. The lowest BCUT2D eigenvalue weighted by molar-refractivity contribution is -0.142. The van der Waals surface area contributed by atoms with Gasteiger partial charge in [-0.3, -0.25) is 9.78 Å². The number of hydrogen-bond donors (Lipinski definition) is 2. The molecule has 1 aromatic heterocycles. The Kier molecular flexibility index (Phi) is 4.14. The van der Waals surface area contributed by atoms with E-state index in [4.69, 9.17) is 5.11 Å². The molecule has 1 heterocycles.